The maximum absolute atomic E-state index is 13.0. The Labute approximate surface area is 115 Å². The average Bonchev–Trinajstić information content (AvgIpc) is 2.72. The first-order valence-electron chi connectivity index (χ1n) is 5.63. The number of nitrogens with zero attached hydrogens (tertiary/aromatic N) is 1. The van der Waals surface area contributed by atoms with Crippen molar-refractivity contribution in [3.8, 4) is 0 Å². The third-order valence-electron chi connectivity index (χ3n) is 2.77. The summed E-state index contributed by atoms with van der Waals surface area (Å²) in [5.74, 6) is -0.317. The van der Waals surface area contributed by atoms with Gasteiger partial charge in [-0.1, -0.05) is 17.7 Å². The Hall–Kier alpha value is -0.970. The molecular weight excluding hydrogens is 271 g/mol. The molecule has 0 saturated carbocycles. The fourth-order valence-corrected chi connectivity index (χ4v) is 2.79. The van der Waals surface area contributed by atoms with Crippen LogP contribution in [0.25, 0.3) is 0 Å². The topological polar surface area (TPSA) is 24.9 Å². The standard InChI is InChI=1S/C13H14ClFN2S/c1-8-17-10(7-18-8)6-13(16-2)11-4-3-9(15)5-12(11)14/h3-5,7,13,16H,6H2,1-2H3. The molecule has 0 amide bonds. The maximum Gasteiger partial charge on any atom is 0.124 e. The predicted octanol–water partition coefficient (Wildman–Crippen LogP) is 3.75. The van der Waals surface area contributed by atoms with Gasteiger partial charge in [0.2, 0.25) is 0 Å². The van der Waals surface area contributed by atoms with Crippen LogP contribution < -0.4 is 5.32 Å². The Kier molecular flexibility index (Phi) is 4.32. The zero-order chi connectivity index (χ0) is 13.1. The SMILES string of the molecule is CNC(Cc1csc(C)n1)c1ccc(F)cc1Cl. The van der Waals surface area contributed by atoms with E-state index in [0.717, 1.165) is 22.7 Å². The van der Waals surface area contributed by atoms with E-state index in [9.17, 15) is 4.39 Å². The summed E-state index contributed by atoms with van der Waals surface area (Å²) in [5, 5.41) is 6.72. The molecule has 1 unspecified atom stereocenters. The van der Waals surface area contributed by atoms with Gasteiger partial charge in [0.1, 0.15) is 5.82 Å². The van der Waals surface area contributed by atoms with E-state index in [-0.39, 0.29) is 11.9 Å². The summed E-state index contributed by atoms with van der Waals surface area (Å²) in [5.41, 5.74) is 1.92. The summed E-state index contributed by atoms with van der Waals surface area (Å²) in [7, 11) is 1.86. The Morgan fingerprint density at radius 3 is 2.83 bits per heavy atom. The highest BCUT2D eigenvalue weighted by Gasteiger charge is 2.15. The zero-order valence-corrected chi connectivity index (χ0v) is 11.8. The number of hydrogen-bond donors (Lipinski definition) is 1. The molecule has 5 heteroatoms. The summed E-state index contributed by atoms with van der Waals surface area (Å²) < 4.78 is 13.0. The van der Waals surface area contributed by atoms with Crippen LogP contribution in [0.4, 0.5) is 4.39 Å². The van der Waals surface area contributed by atoms with Crippen molar-refractivity contribution in [2.24, 2.45) is 0 Å². The second-order valence-electron chi connectivity index (χ2n) is 4.07. The molecular formula is C13H14ClFN2S. The lowest BCUT2D eigenvalue weighted by molar-refractivity contribution is 0.580. The van der Waals surface area contributed by atoms with Gasteiger partial charge in [0.05, 0.1) is 10.7 Å². The summed E-state index contributed by atoms with van der Waals surface area (Å²) in [6.45, 7) is 1.98. The van der Waals surface area contributed by atoms with Crippen LogP contribution in [0.3, 0.4) is 0 Å². The molecule has 2 rings (SSSR count). The van der Waals surface area contributed by atoms with Gasteiger partial charge in [-0.2, -0.15) is 0 Å². The van der Waals surface area contributed by atoms with Crippen LogP contribution in [-0.2, 0) is 6.42 Å². The second kappa shape index (κ2) is 5.78. The largest absolute Gasteiger partial charge is 0.313 e. The first-order valence-corrected chi connectivity index (χ1v) is 6.89. The van der Waals surface area contributed by atoms with Crippen molar-refractivity contribution in [3.63, 3.8) is 0 Å². The van der Waals surface area contributed by atoms with E-state index in [4.69, 9.17) is 11.6 Å². The van der Waals surface area contributed by atoms with E-state index in [0.29, 0.717) is 5.02 Å². The number of aryl methyl sites for hydroxylation is 1. The molecule has 0 aliphatic carbocycles. The van der Waals surface area contributed by atoms with Gasteiger partial charge in [0, 0.05) is 22.9 Å². The number of benzene rings is 1. The lowest BCUT2D eigenvalue weighted by Crippen LogP contribution is -2.19. The van der Waals surface area contributed by atoms with Crippen LogP contribution in [-0.4, -0.2) is 12.0 Å². The van der Waals surface area contributed by atoms with Crippen molar-refractivity contribution in [3.05, 3.63) is 50.7 Å². The predicted molar refractivity (Wildman–Crippen MR) is 73.8 cm³/mol. The molecule has 0 saturated heterocycles. The van der Waals surface area contributed by atoms with Crippen LogP contribution in [0.1, 0.15) is 22.3 Å². The van der Waals surface area contributed by atoms with Gasteiger partial charge in [-0.3, -0.25) is 0 Å². The van der Waals surface area contributed by atoms with E-state index < -0.39 is 0 Å². The van der Waals surface area contributed by atoms with E-state index in [1.807, 2.05) is 19.4 Å². The molecule has 0 spiro atoms. The molecule has 18 heavy (non-hydrogen) atoms. The van der Waals surface area contributed by atoms with Crippen molar-refractivity contribution in [1.82, 2.24) is 10.3 Å². The van der Waals surface area contributed by atoms with Gasteiger partial charge in [0.25, 0.3) is 0 Å². The third kappa shape index (κ3) is 3.07. The molecule has 1 N–H and O–H groups in total. The number of halogens is 2. The maximum atomic E-state index is 13.0. The third-order valence-corrected chi connectivity index (χ3v) is 3.92. The lowest BCUT2D eigenvalue weighted by atomic mass is 10.0. The van der Waals surface area contributed by atoms with Gasteiger partial charge >= 0.3 is 0 Å². The summed E-state index contributed by atoms with van der Waals surface area (Å²) in [6, 6.07) is 4.53. The lowest BCUT2D eigenvalue weighted by Gasteiger charge is -2.17. The molecule has 2 aromatic rings. The molecule has 0 aliphatic rings. The molecule has 0 fully saturated rings. The van der Waals surface area contributed by atoms with Gasteiger partial charge in [-0.25, -0.2) is 9.37 Å². The number of thiazole rings is 1. The molecule has 1 aromatic heterocycles. The molecule has 0 radical (unpaired) electrons. The Bertz CT molecular complexity index is 542. The van der Waals surface area contributed by atoms with Gasteiger partial charge in [0.15, 0.2) is 0 Å². The smallest absolute Gasteiger partial charge is 0.124 e. The Morgan fingerprint density at radius 1 is 1.50 bits per heavy atom. The molecule has 2 nitrogen and oxygen atoms in total. The van der Waals surface area contributed by atoms with Crippen molar-refractivity contribution < 1.29 is 4.39 Å². The van der Waals surface area contributed by atoms with Crippen LogP contribution in [0, 0.1) is 12.7 Å². The fourth-order valence-electron chi connectivity index (χ4n) is 1.86. The van der Waals surface area contributed by atoms with E-state index in [1.54, 1.807) is 17.4 Å². The van der Waals surface area contributed by atoms with Crippen molar-refractivity contribution in [2.45, 2.75) is 19.4 Å². The van der Waals surface area contributed by atoms with Gasteiger partial charge in [-0.15, -0.1) is 11.3 Å². The van der Waals surface area contributed by atoms with Crippen molar-refractivity contribution in [2.75, 3.05) is 7.05 Å². The molecule has 96 valence electrons. The number of nitrogens with one attached hydrogen (secondary N) is 1. The average molecular weight is 285 g/mol. The highest BCUT2D eigenvalue weighted by molar-refractivity contribution is 7.09. The number of rotatable bonds is 4. The summed E-state index contributed by atoms with van der Waals surface area (Å²) >= 11 is 7.70. The second-order valence-corrected chi connectivity index (χ2v) is 5.54. The van der Waals surface area contributed by atoms with E-state index >= 15 is 0 Å². The highest BCUT2D eigenvalue weighted by Crippen LogP contribution is 2.26. The number of likely N-dealkylation sites (N-methyl/N-ethyl adjacent to an activating group) is 1. The molecule has 0 aliphatic heterocycles. The zero-order valence-electron chi connectivity index (χ0n) is 10.2. The molecule has 1 aromatic carbocycles. The fraction of sp³-hybridized carbons (Fsp3) is 0.308. The first kappa shape index (κ1) is 13.5. The van der Waals surface area contributed by atoms with E-state index in [1.165, 1.54) is 12.1 Å². The minimum Gasteiger partial charge on any atom is -0.313 e. The van der Waals surface area contributed by atoms with Crippen LogP contribution in [0.2, 0.25) is 5.02 Å². The minimum atomic E-state index is -0.317. The minimum absolute atomic E-state index is 0.0413. The number of hydrogen-bond acceptors (Lipinski definition) is 3. The first-order chi connectivity index (χ1) is 8.60. The Balaban J connectivity index is 2.22. The molecule has 1 heterocycles. The van der Waals surface area contributed by atoms with Crippen LogP contribution in [0.15, 0.2) is 23.6 Å². The molecule has 0 bridgehead atoms. The summed E-state index contributed by atoms with van der Waals surface area (Å²) in [6.07, 6.45) is 0.742. The number of aromatic nitrogens is 1. The van der Waals surface area contributed by atoms with Crippen LogP contribution >= 0.6 is 22.9 Å². The van der Waals surface area contributed by atoms with Gasteiger partial charge < -0.3 is 5.32 Å². The molecule has 1 atom stereocenters. The summed E-state index contributed by atoms with van der Waals surface area (Å²) in [4.78, 5) is 4.43. The quantitative estimate of drug-likeness (QED) is 0.925. The Morgan fingerprint density at radius 2 is 2.28 bits per heavy atom. The van der Waals surface area contributed by atoms with Gasteiger partial charge in [-0.05, 0) is 31.7 Å². The van der Waals surface area contributed by atoms with Crippen molar-refractivity contribution >= 4 is 22.9 Å². The van der Waals surface area contributed by atoms with Crippen molar-refractivity contribution in [1.29, 1.82) is 0 Å². The highest BCUT2D eigenvalue weighted by atomic mass is 35.5. The van der Waals surface area contributed by atoms with Crippen LogP contribution in [0.5, 0.6) is 0 Å². The normalized spacial score (nSPS) is 12.7. The monoisotopic (exact) mass is 284 g/mol. The van der Waals surface area contributed by atoms with E-state index in [2.05, 4.69) is 10.3 Å².